The smallest absolute Gasteiger partial charge is 0.307 e. The number of amides is 1. The van der Waals surface area contributed by atoms with Gasteiger partial charge in [-0.15, -0.1) is 0 Å². The Kier molecular flexibility index (Phi) is 34.0. The van der Waals surface area contributed by atoms with Crippen molar-refractivity contribution in [3.05, 3.63) is 24.3 Å². The first-order valence-corrected chi connectivity index (χ1v) is 20.2. The van der Waals surface area contributed by atoms with Gasteiger partial charge in [0.25, 0.3) is 0 Å². The molecule has 47 heavy (non-hydrogen) atoms. The van der Waals surface area contributed by atoms with E-state index in [9.17, 15) is 14.4 Å². The largest absolute Gasteiger partial charge is 0.442 e. The van der Waals surface area contributed by atoms with Gasteiger partial charge in [-0.2, -0.15) is 0 Å². The van der Waals surface area contributed by atoms with Crippen molar-refractivity contribution in [2.45, 2.75) is 220 Å². The Morgan fingerprint density at radius 2 is 0.957 bits per heavy atom. The first-order chi connectivity index (χ1) is 22.9. The summed E-state index contributed by atoms with van der Waals surface area (Å²) in [7, 11) is 0. The van der Waals surface area contributed by atoms with E-state index in [1.165, 1.54) is 103 Å². The van der Waals surface area contributed by atoms with E-state index in [0.29, 0.717) is 19.3 Å². The van der Waals surface area contributed by atoms with Crippen molar-refractivity contribution in [2.75, 3.05) is 0 Å². The summed E-state index contributed by atoms with van der Waals surface area (Å²) in [4.78, 5) is 37.4. The minimum Gasteiger partial charge on any atom is -0.442 e. The number of hydrogen-bond acceptors (Lipinski definition) is 4. The van der Waals surface area contributed by atoms with Gasteiger partial charge in [0.2, 0.25) is 5.91 Å². The van der Waals surface area contributed by atoms with Crippen LogP contribution in [0, 0.1) is 5.92 Å². The van der Waals surface area contributed by atoms with Gasteiger partial charge in [-0.05, 0) is 77.6 Å². The second kappa shape index (κ2) is 35.4. The number of ketones is 1. The highest BCUT2D eigenvalue weighted by Gasteiger charge is 2.19. The molecule has 0 saturated carbocycles. The molecule has 0 aromatic heterocycles. The van der Waals surface area contributed by atoms with E-state index < -0.39 is 6.23 Å². The molecule has 1 N–H and O–H groups in total. The summed E-state index contributed by atoms with van der Waals surface area (Å²) < 4.78 is 5.63. The molecule has 0 aromatic carbocycles. The summed E-state index contributed by atoms with van der Waals surface area (Å²) in [6.07, 6.45) is 40.4. The van der Waals surface area contributed by atoms with Crippen LogP contribution in [0.3, 0.4) is 0 Å². The summed E-state index contributed by atoms with van der Waals surface area (Å²) in [5.74, 6) is -0.292. The van der Waals surface area contributed by atoms with Crippen molar-refractivity contribution in [2.24, 2.45) is 5.92 Å². The number of carbonyl (C=O) groups excluding carboxylic acids is 3. The Morgan fingerprint density at radius 1 is 0.511 bits per heavy atom. The van der Waals surface area contributed by atoms with Crippen molar-refractivity contribution < 1.29 is 19.1 Å². The number of unbranched alkanes of at least 4 members (excludes halogenated alkanes) is 19. The molecule has 0 saturated heterocycles. The Labute approximate surface area is 291 Å². The van der Waals surface area contributed by atoms with Gasteiger partial charge in [0, 0.05) is 25.2 Å². The maximum atomic E-state index is 12.7. The fourth-order valence-electron chi connectivity index (χ4n) is 6.02. The number of ether oxygens (including phenoxy) is 1. The fraction of sp³-hybridized carbons (Fsp3) is 0.833. The Hall–Kier alpha value is -1.91. The van der Waals surface area contributed by atoms with E-state index in [-0.39, 0.29) is 30.0 Å². The standard InChI is InChI=1S/C42H77NO4/c1-5-8-10-12-14-16-18-20-21-22-24-26-28-30-32-35-42(46)47-41(33-7-3)43-40(45)37-36-39(38(4)44)34-31-29-27-25-23-19-17-15-13-11-9-6-2/h20-21,23,25,39,41H,5-19,22,24,26-37H2,1-4H3,(H,43,45). The van der Waals surface area contributed by atoms with Crippen molar-refractivity contribution in [1.29, 1.82) is 0 Å². The van der Waals surface area contributed by atoms with Crippen LogP contribution < -0.4 is 5.32 Å². The number of rotatable bonds is 35. The number of esters is 1. The average Bonchev–Trinajstić information content (AvgIpc) is 3.04. The van der Waals surface area contributed by atoms with E-state index in [2.05, 4.69) is 43.5 Å². The van der Waals surface area contributed by atoms with Gasteiger partial charge < -0.3 is 10.1 Å². The highest BCUT2D eigenvalue weighted by molar-refractivity contribution is 5.80. The predicted octanol–water partition coefficient (Wildman–Crippen LogP) is 12.7. The molecular weight excluding hydrogens is 582 g/mol. The zero-order valence-corrected chi connectivity index (χ0v) is 31.6. The third-order valence-corrected chi connectivity index (χ3v) is 9.15. The molecule has 0 radical (unpaired) electrons. The third kappa shape index (κ3) is 32.4. The van der Waals surface area contributed by atoms with Crippen LogP contribution in [0.5, 0.6) is 0 Å². The first-order valence-electron chi connectivity index (χ1n) is 20.2. The number of carbonyl (C=O) groups is 3. The second-order valence-corrected chi connectivity index (χ2v) is 13.8. The van der Waals surface area contributed by atoms with Crippen LogP contribution in [0.1, 0.15) is 214 Å². The van der Waals surface area contributed by atoms with E-state index >= 15 is 0 Å². The summed E-state index contributed by atoms with van der Waals surface area (Å²) in [5.41, 5.74) is 0. The zero-order valence-electron chi connectivity index (χ0n) is 31.6. The number of allylic oxidation sites excluding steroid dienone is 4. The molecule has 0 aromatic rings. The molecule has 0 spiro atoms. The zero-order chi connectivity index (χ0) is 34.6. The molecule has 0 bridgehead atoms. The van der Waals surface area contributed by atoms with Gasteiger partial charge in [0.15, 0.2) is 6.23 Å². The van der Waals surface area contributed by atoms with Crippen molar-refractivity contribution in [3.8, 4) is 0 Å². The molecule has 0 aliphatic rings. The van der Waals surface area contributed by atoms with Gasteiger partial charge in [0.1, 0.15) is 5.78 Å². The summed E-state index contributed by atoms with van der Waals surface area (Å²) in [6, 6.07) is 0. The normalized spacial score (nSPS) is 12.9. The SMILES string of the molecule is CCCCCCCCC=CCCCCCCCC(=O)OC(CCC)NC(=O)CCC(CCCCC=CCCCCCCCC)C(C)=O. The van der Waals surface area contributed by atoms with E-state index in [4.69, 9.17) is 4.74 Å². The third-order valence-electron chi connectivity index (χ3n) is 9.15. The lowest BCUT2D eigenvalue weighted by atomic mass is 9.92. The minimum absolute atomic E-state index is 0.0823. The first kappa shape index (κ1) is 45.1. The monoisotopic (exact) mass is 660 g/mol. The fourth-order valence-corrected chi connectivity index (χ4v) is 6.02. The molecule has 0 rings (SSSR count). The highest BCUT2D eigenvalue weighted by Crippen LogP contribution is 2.18. The van der Waals surface area contributed by atoms with Gasteiger partial charge in [0.05, 0.1) is 0 Å². The molecule has 0 fully saturated rings. The van der Waals surface area contributed by atoms with Crippen LogP contribution in [0.4, 0.5) is 0 Å². The van der Waals surface area contributed by atoms with Gasteiger partial charge >= 0.3 is 5.97 Å². The van der Waals surface area contributed by atoms with Gasteiger partial charge in [-0.25, -0.2) is 0 Å². The van der Waals surface area contributed by atoms with Crippen molar-refractivity contribution in [3.63, 3.8) is 0 Å². The maximum Gasteiger partial charge on any atom is 0.307 e. The maximum absolute atomic E-state index is 12.7. The van der Waals surface area contributed by atoms with Crippen LogP contribution in [0.15, 0.2) is 24.3 Å². The lowest BCUT2D eigenvalue weighted by Crippen LogP contribution is -2.38. The Bertz CT molecular complexity index is 789. The highest BCUT2D eigenvalue weighted by atomic mass is 16.6. The van der Waals surface area contributed by atoms with Crippen molar-refractivity contribution >= 4 is 17.7 Å². The number of Topliss-reactive ketones (excluding diaryl/α,β-unsaturated/α-hetero) is 1. The average molecular weight is 660 g/mol. The van der Waals surface area contributed by atoms with Crippen LogP contribution >= 0.6 is 0 Å². The molecule has 0 aliphatic carbocycles. The molecule has 1 amide bonds. The topological polar surface area (TPSA) is 72.5 Å². The minimum atomic E-state index is -0.581. The quantitative estimate of drug-likeness (QED) is 0.0318. The summed E-state index contributed by atoms with van der Waals surface area (Å²) in [6.45, 7) is 8.17. The molecule has 2 unspecified atom stereocenters. The van der Waals surface area contributed by atoms with Crippen molar-refractivity contribution in [1.82, 2.24) is 5.32 Å². The molecule has 0 aliphatic heterocycles. The van der Waals surface area contributed by atoms with E-state index in [1.54, 1.807) is 6.92 Å². The van der Waals surface area contributed by atoms with Gasteiger partial charge in [-0.3, -0.25) is 14.4 Å². The van der Waals surface area contributed by atoms with E-state index in [1.807, 2.05) is 6.92 Å². The Balaban J connectivity index is 4.03. The number of nitrogens with one attached hydrogen (secondary N) is 1. The second-order valence-electron chi connectivity index (χ2n) is 13.8. The lowest BCUT2D eigenvalue weighted by Gasteiger charge is -2.20. The summed E-state index contributed by atoms with van der Waals surface area (Å²) >= 11 is 0. The molecule has 274 valence electrons. The van der Waals surface area contributed by atoms with Crippen LogP contribution in [0.2, 0.25) is 0 Å². The summed E-state index contributed by atoms with van der Waals surface area (Å²) in [5, 5.41) is 2.90. The molecule has 5 heteroatoms. The van der Waals surface area contributed by atoms with Crippen LogP contribution in [-0.2, 0) is 19.1 Å². The Morgan fingerprint density at radius 3 is 1.43 bits per heavy atom. The number of hydrogen-bond donors (Lipinski definition) is 1. The molecule has 5 nitrogen and oxygen atoms in total. The molecule has 0 heterocycles. The molecule has 2 atom stereocenters. The van der Waals surface area contributed by atoms with Crippen LogP contribution in [0.25, 0.3) is 0 Å². The molecular formula is C42H77NO4. The van der Waals surface area contributed by atoms with Gasteiger partial charge in [-0.1, -0.05) is 141 Å². The predicted molar refractivity (Wildman–Crippen MR) is 201 cm³/mol. The van der Waals surface area contributed by atoms with E-state index in [0.717, 1.165) is 57.8 Å². The van der Waals surface area contributed by atoms with Crippen LogP contribution in [-0.4, -0.2) is 23.9 Å². The lowest BCUT2D eigenvalue weighted by molar-refractivity contribution is -0.152.